The van der Waals surface area contributed by atoms with Crippen molar-refractivity contribution in [3.8, 4) is 0 Å². The number of benzene rings is 1. The molecule has 0 unspecified atom stereocenters. The molecule has 0 aliphatic heterocycles. The van der Waals surface area contributed by atoms with Crippen molar-refractivity contribution in [3.05, 3.63) is 35.4 Å². The van der Waals surface area contributed by atoms with Crippen molar-refractivity contribution in [2.24, 2.45) is 0 Å². The lowest BCUT2D eigenvalue weighted by atomic mass is 10.0. The highest BCUT2D eigenvalue weighted by Gasteiger charge is 2.14. The summed E-state index contributed by atoms with van der Waals surface area (Å²) >= 11 is 0. The highest BCUT2D eigenvalue weighted by Crippen LogP contribution is 2.11. The Morgan fingerprint density at radius 3 is 2.44 bits per heavy atom. The molecule has 0 saturated heterocycles. The number of hydrogen-bond acceptors (Lipinski definition) is 3. The molecule has 1 aromatic carbocycles. The van der Waals surface area contributed by atoms with Crippen molar-refractivity contribution in [1.29, 1.82) is 0 Å². The molecule has 0 radical (unpaired) electrons. The maximum absolute atomic E-state index is 11.5. The molecule has 0 aromatic heterocycles. The normalized spacial score (nSPS) is 9.69. The molecule has 0 aliphatic rings. The fourth-order valence-electron chi connectivity index (χ4n) is 1.30. The third kappa shape index (κ3) is 2.82. The highest BCUT2D eigenvalue weighted by molar-refractivity contribution is 5.92. The van der Waals surface area contributed by atoms with Gasteiger partial charge in [0.15, 0.2) is 0 Å². The molecule has 4 heteroatoms. The first-order chi connectivity index (χ1) is 7.56. The Kier molecular flexibility index (Phi) is 4.05. The fraction of sp³-hybridized carbons (Fsp3) is 0.333. The molecule has 86 valence electrons. The number of carbonyl (C=O) groups is 2. The molecule has 0 N–H and O–H groups in total. The zero-order chi connectivity index (χ0) is 12.1. The van der Waals surface area contributed by atoms with Crippen molar-refractivity contribution < 1.29 is 14.3 Å². The summed E-state index contributed by atoms with van der Waals surface area (Å²) in [6.07, 6.45) is 0.207. The van der Waals surface area contributed by atoms with Gasteiger partial charge >= 0.3 is 5.97 Å². The van der Waals surface area contributed by atoms with Crippen LogP contribution in [0.4, 0.5) is 0 Å². The van der Waals surface area contributed by atoms with Gasteiger partial charge in [0, 0.05) is 14.1 Å². The standard InChI is InChI=1S/C12H15NO3/c1-13(2)11(14)8-9-6-4-5-7-10(9)12(15)16-3/h4-7H,8H2,1-3H3. The first-order valence-corrected chi connectivity index (χ1v) is 4.92. The third-order valence-corrected chi connectivity index (χ3v) is 2.26. The molecular formula is C12H15NO3. The monoisotopic (exact) mass is 221 g/mol. The van der Waals surface area contributed by atoms with Crippen LogP contribution in [0.15, 0.2) is 24.3 Å². The lowest BCUT2D eigenvalue weighted by Gasteiger charge is -2.12. The largest absolute Gasteiger partial charge is 0.465 e. The van der Waals surface area contributed by atoms with Crippen LogP contribution in [0.1, 0.15) is 15.9 Å². The summed E-state index contributed by atoms with van der Waals surface area (Å²) in [7, 11) is 4.69. The van der Waals surface area contributed by atoms with Crippen LogP contribution in [0.2, 0.25) is 0 Å². The molecule has 0 aliphatic carbocycles. The first-order valence-electron chi connectivity index (χ1n) is 4.92. The summed E-state index contributed by atoms with van der Waals surface area (Å²) in [6.45, 7) is 0. The van der Waals surface area contributed by atoms with Crippen LogP contribution < -0.4 is 0 Å². The third-order valence-electron chi connectivity index (χ3n) is 2.26. The van der Waals surface area contributed by atoms with Crippen LogP contribution in [0.3, 0.4) is 0 Å². The summed E-state index contributed by atoms with van der Waals surface area (Å²) in [6, 6.07) is 6.96. The quantitative estimate of drug-likeness (QED) is 0.718. The Hall–Kier alpha value is -1.84. The van der Waals surface area contributed by atoms with Gasteiger partial charge in [-0.1, -0.05) is 18.2 Å². The predicted molar refractivity (Wildman–Crippen MR) is 60.2 cm³/mol. The minimum absolute atomic E-state index is 0.0450. The van der Waals surface area contributed by atoms with Crippen LogP contribution in [-0.4, -0.2) is 38.0 Å². The molecule has 0 fully saturated rings. The Morgan fingerprint density at radius 2 is 1.88 bits per heavy atom. The smallest absolute Gasteiger partial charge is 0.338 e. The highest BCUT2D eigenvalue weighted by atomic mass is 16.5. The minimum atomic E-state index is -0.415. The van der Waals surface area contributed by atoms with Gasteiger partial charge in [0.05, 0.1) is 19.1 Å². The van der Waals surface area contributed by atoms with Crippen LogP contribution in [0.5, 0.6) is 0 Å². The topological polar surface area (TPSA) is 46.6 Å². The molecule has 0 heterocycles. The number of esters is 1. The van der Waals surface area contributed by atoms with Gasteiger partial charge in [-0.2, -0.15) is 0 Å². The van der Waals surface area contributed by atoms with Crippen molar-refractivity contribution in [1.82, 2.24) is 4.90 Å². The molecule has 0 atom stereocenters. The first kappa shape index (κ1) is 12.2. The number of ether oxygens (including phenoxy) is 1. The van der Waals surface area contributed by atoms with E-state index in [4.69, 9.17) is 0 Å². The van der Waals surface area contributed by atoms with Gasteiger partial charge < -0.3 is 9.64 Å². The summed E-state index contributed by atoms with van der Waals surface area (Å²) in [5, 5.41) is 0. The number of hydrogen-bond donors (Lipinski definition) is 0. The SMILES string of the molecule is COC(=O)c1ccccc1CC(=O)N(C)C. The average molecular weight is 221 g/mol. The zero-order valence-electron chi connectivity index (χ0n) is 9.69. The van der Waals surface area contributed by atoms with E-state index >= 15 is 0 Å². The zero-order valence-corrected chi connectivity index (χ0v) is 9.69. The van der Waals surface area contributed by atoms with E-state index in [2.05, 4.69) is 4.74 Å². The average Bonchev–Trinajstić information content (AvgIpc) is 2.28. The molecule has 0 bridgehead atoms. The van der Waals surface area contributed by atoms with E-state index in [9.17, 15) is 9.59 Å². The number of nitrogens with zero attached hydrogens (tertiary/aromatic N) is 1. The molecule has 0 spiro atoms. The van der Waals surface area contributed by atoms with E-state index in [-0.39, 0.29) is 12.3 Å². The van der Waals surface area contributed by atoms with Crippen molar-refractivity contribution >= 4 is 11.9 Å². The van der Waals surface area contributed by atoms with Gasteiger partial charge in [0.2, 0.25) is 5.91 Å². The Bertz CT molecular complexity index is 399. The molecule has 16 heavy (non-hydrogen) atoms. The lowest BCUT2D eigenvalue weighted by Crippen LogP contribution is -2.24. The van der Waals surface area contributed by atoms with E-state index < -0.39 is 5.97 Å². The lowest BCUT2D eigenvalue weighted by molar-refractivity contribution is -0.127. The summed E-state index contributed by atoms with van der Waals surface area (Å²) < 4.78 is 4.66. The Balaban J connectivity index is 2.95. The second kappa shape index (κ2) is 5.30. The van der Waals surface area contributed by atoms with E-state index in [1.807, 2.05) is 0 Å². The summed E-state index contributed by atoms with van der Waals surface area (Å²) in [5.74, 6) is -0.460. The van der Waals surface area contributed by atoms with Gasteiger partial charge in [0.25, 0.3) is 0 Å². The second-order valence-corrected chi connectivity index (χ2v) is 3.61. The molecule has 4 nitrogen and oxygen atoms in total. The molecule has 1 aromatic rings. The number of amides is 1. The molecule has 0 saturated carbocycles. The van der Waals surface area contributed by atoms with Crippen molar-refractivity contribution in [2.45, 2.75) is 6.42 Å². The minimum Gasteiger partial charge on any atom is -0.465 e. The van der Waals surface area contributed by atoms with Crippen LogP contribution in [0.25, 0.3) is 0 Å². The Labute approximate surface area is 94.8 Å². The van der Waals surface area contributed by atoms with Gasteiger partial charge in [-0.15, -0.1) is 0 Å². The van der Waals surface area contributed by atoms with E-state index in [1.165, 1.54) is 12.0 Å². The van der Waals surface area contributed by atoms with Gasteiger partial charge in [-0.3, -0.25) is 4.79 Å². The molecular weight excluding hydrogens is 206 g/mol. The number of methoxy groups -OCH3 is 1. The van der Waals surface area contributed by atoms with Crippen molar-refractivity contribution in [3.63, 3.8) is 0 Å². The van der Waals surface area contributed by atoms with E-state index in [1.54, 1.807) is 38.4 Å². The maximum Gasteiger partial charge on any atom is 0.338 e. The second-order valence-electron chi connectivity index (χ2n) is 3.61. The predicted octanol–water partition coefficient (Wildman–Crippen LogP) is 1.10. The van der Waals surface area contributed by atoms with Gasteiger partial charge in [0.1, 0.15) is 0 Å². The van der Waals surface area contributed by atoms with E-state index in [0.29, 0.717) is 11.1 Å². The van der Waals surface area contributed by atoms with Crippen LogP contribution in [-0.2, 0) is 16.0 Å². The fourth-order valence-corrected chi connectivity index (χ4v) is 1.30. The van der Waals surface area contributed by atoms with E-state index in [0.717, 1.165) is 0 Å². The number of likely N-dealkylation sites (N-methyl/N-ethyl adjacent to an activating group) is 1. The summed E-state index contributed by atoms with van der Waals surface area (Å²) in [4.78, 5) is 24.5. The van der Waals surface area contributed by atoms with Gasteiger partial charge in [-0.05, 0) is 11.6 Å². The van der Waals surface area contributed by atoms with Gasteiger partial charge in [-0.25, -0.2) is 4.79 Å². The maximum atomic E-state index is 11.5. The van der Waals surface area contributed by atoms with Crippen LogP contribution in [0, 0.1) is 0 Å². The Morgan fingerprint density at radius 1 is 1.25 bits per heavy atom. The van der Waals surface area contributed by atoms with Crippen molar-refractivity contribution in [2.75, 3.05) is 21.2 Å². The molecule has 1 rings (SSSR count). The molecule has 1 amide bonds. The summed E-state index contributed by atoms with van der Waals surface area (Å²) in [5.41, 5.74) is 1.13. The van der Waals surface area contributed by atoms with Crippen LogP contribution >= 0.6 is 0 Å². The number of rotatable bonds is 3. The number of carbonyl (C=O) groups excluding carboxylic acids is 2.